The third-order valence-corrected chi connectivity index (χ3v) is 3.81. The van der Waals surface area contributed by atoms with Crippen molar-refractivity contribution in [2.45, 2.75) is 19.3 Å². The van der Waals surface area contributed by atoms with Crippen molar-refractivity contribution in [3.8, 4) is 0 Å². The number of hydrogen-bond acceptors (Lipinski definition) is 3. The molecule has 3 rings (SSSR count). The number of rotatable bonds is 1. The van der Waals surface area contributed by atoms with Crippen molar-refractivity contribution in [3.63, 3.8) is 0 Å². The van der Waals surface area contributed by atoms with Gasteiger partial charge < -0.3 is 4.74 Å². The van der Waals surface area contributed by atoms with Crippen LogP contribution in [-0.2, 0) is 17.6 Å². The Morgan fingerprint density at radius 1 is 1.39 bits per heavy atom. The van der Waals surface area contributed by atoms with Crippen molar-refractivity contribution >= 4 is 28.5 Å². The molecule has 4 heteroatoms. The highest BCUT2D eigenvalue weighted by Crippen LogP contribution is 2.34. The minimum absolute atomic E-state index is 0.373. The SMILES string of the molecule is COC(=O)c1cccc2c(Cl)c3c(nc12)CCC3. The van der Waals surface area contributed by atoms with Gasteiger partial charge in [-0.25, -0.2) is 4.79 Å². The molecule has 0 spiro atoms. The molecule has 1 aliphatic carbocycles. The second-order valence-electron chi connectivity index (χ2n) is 4.40. The maximum absolute atomic E-state index is 11.7. The first-order chi connectivity index (χ1) is 8.72. The van der Waals surface area contributed by atoms with Crippen molar-refractivity contribution in [2.24, 2.45) is 0 Å². The normalized spacial score (nSPS) is 13.7. The van der Waals surface area contributed by atoms with Crippen molar-refractivity contribution < 1.29 is 9.53 Å². The molecule has 92 valence electrons. The quantitative estimate of drug-likeness (QED) is 0.740. The Hall–Kier alpha value is -1.61. The van der Waals surface area contributed by atoms with E-state index in [1.165, 1.54) is 7.11 Å². The van der Waals surface area contributed by atoms with Crippen LogP contribution in [0.1, 0.15) is 28.0 Å². The van der Waals surface area contributed by atoms with Gasteiger partial charge in [0.25, 0.3) is 0 Å². The minimum Gasteiger partial charge on any atom is -0.465 e. The van der Waals surface area contributed by atoms with Gasteiger partial charge in [-0.05, 0) is 30.9 Å². The summed E-state index contributed by atoms with van der Waals surface area (Å²) in [5, 5.41) is 1.57. The van der Waals surface area contributed by atoms with E-state index in [0.29, 0.717) is 11.1 Å². The number of benzene rings is 1. The number of halogens is 1. The molecule has 3 nitrogen and oxygen atoms in total. The number of aromatic nitrogens is 1. The highest BCUT2D eigenvalue weighted by Gasteiger charge is 2.21. The Morgan fingerprint density at radius 3 is 3.00 bits per heavy atom. The Kier molecular flexibility index (Phi) is 2.71. The summed E-state index contributed by atoms with van der Waals surface area (Å²) in [5.41, 5.74) is 3.27. The molecule has 1 heterocycles. The molecule has 0 saturated carbocycles. The number of hydrogen-bond donors (Lipinski definition) is 0. The molecule has 0 N–H and O–H groups in total. The number of pyridine rings is 1. The van der Waals surface area contributed by atoms with Crippen molar-refractivity contribution in [3.05, 3.63) is 40.0 Å². The lowest BCUT2D eigenvalue weighted by Gasteiger charge is -2.09. The molecular formula is C14H12ClNO2. The largest absolute Gasteiger partial charge is 0.465 e. The van der Waals surface area contributed by atoms with Gasteiger partial charge in [-0.1, -0.05) is 23.7 Å². The molecule has 0 aliphatic heterocycles. The molecule has 0 fully saturated rings. The van der Waals surface area contributed by atoms with E-state index in [1.54, 1.807) is 6.07 Å². The number of para-hydroxylation sites is 1. The lowest BCUT2D eigenvalue weighted by atomic mass is 10.1. The van der Waals surface area contributed by atoms with Gasteiger partial charge in [-0.15, -0.1) is 0 Å². The summed E-state index contributed by atoms with van der Waals surface area (Å²) in [6, 6.07) is 5.43. The van der Waals surface area contributed by atoms with Crippen molar-refractivity contribution in [1.82, 2.24) is 4.98 Å². The number of methoxy groups -OCH3 is 1. The standard InChI is InChI=1S/C14H12ClNO2/c1-18-14(17)10-6-2-5-9-12(15)8-4-3-7-11(8)16-13(9)10/h2,5-6H,3-4,7H2,1H3. The summed E-state index contributed by atoms with van der Waals surface area (Å²) >= 11 is 6.41. The lowest BCUT2D eigenvalue weighted by Crippen LogP contribution is -2.04. The van der Waals surface area contributed by atoms with E-state index in [1.807, 2.05) is 12.1 Å². The van der Waals surface area contributed by atoms with Gasteiger partial charge in [0.15, 0.2) is 0 Å². The van der Waals surface area contributed by atoms with Crippen LogP contribution in [0.15, 0.2) is 18.2 Å². The third-order valence-electron chi connectivity index (χ3n) is 3.38. The molecule has 2 aromatic rings. The fraction of sp³-hybridized carbons (Fsp3) is 0.286. The van der Waals surface area contributed by atoms with Gasteiger partial charge in [0, 0.05) is 11.1 Å². The van der Waals surface area contributed by atoms with Gasteiger partial charge >= 0.3 is 5.97 Å². The van der Waals surface area contributed by atoms with Crippen LogP contribution in [0.2, 0.25) is 5.02 Å². The first kappa shape index (κ1) is 11.5. The molecule has 1 aromatic heterocycles. The molecule has 1 aliphatic rings. The zero-order valence-corrected chi connectivity index (χ0v) is 10.8. The van der Waals surface area contributed by atoms with E-state index in [9.17, 15) is 4.79 Å². The minimum atomic E-state index is -0.373. The lowest BCUT2D eigenvalue weighted by molar-refractivity contribution is 0.0603. The zero-order chi connectivity index (χ0) is 12.7. The maximum atomic E-state index is 11.7. The van der Waals surface area contributed by atoms with E-state index in [2.05, 4.69) is 4.98 Å². The number of ether oxygens (including phenoxy) is 1. The van der Waals surface area contributed by atoms with Crippen LogP contribution in [0.5, 0.6) is 0 Å². The number of fused-ring (bicyclic) bond motifs is 2. The van der Waals surface area contributed by atoms with E-state index >= 15 is 0 Å². The van der Waals surface area contributed by atoms with Crippen LogP contribution < -0.4 is 0 Å². The highest BCUT2D eigenvalue weighted by atomic mass is 35.5. The Bertz CT molecular complexity index is 652. The van der Waals surface area contributed by atoms with E-state index in [0.717, 1.165) is 40.9 Å². The smallest absolute Gasteiger partial charge is 0.340 e. The fourth-order valence-electron chi connectivity index (χ4n) is 2.50. The number of esters is 1. The molecular weight excluding hydrogens is 250 g/mol. The first-order valence-electron chi connectivity index (χ1n) is 5.90. The second-order valence-corrected chi connectivity index (χ2v) is 4.78. The molecule has 0 saturated heterocycles. The monoisotopic (exact) mass is 261 g/mol. The summed E-state index contributed by atoms with van der Waals surface area (Å²) < 4.78 is 4.78. The van der Waals surface area contributed by atoms with Crippen LogP contribution in [0.3, 0.4) is 0 Å². The Labute approximate surface area is 110 Å². The summed E-state index contributed by atoms with van der Waals surface area (Å²) in [4.78, 5) is 16.3. The van der Waals surface area contributed by atoms with Gasteiger partial charge in [0.2, 0.25) is 0 Å². The summed E-state index contributed by atoms with van der Waals surface area (Å²) in [6.07, 6.45) is 2.98. The number of carbonyl (C=O) groups is 1. The predicted octanol–water partition coefficient (Wildman–Crippen LogP) is 3.16. The first-order valence-corrected chi connectivity index (χ1v) is 6.28. The van der Waals surface area contributed by atoms with Crippen LogP contribution in [0.25, 0.3) is 10.9 Å². The molecule has 0 radical (unpaired) electrons. The van der Waals surface area contributed by atoms with Crippen LogP contribution in [-0.4, -0.2) is 18.1 Å². The molecule has 0 amide bonds. The van der Waals surface area contributed by atoms with E-state index in [-0.39, 0.29) is 5.97 Å². The number of nitrogens with zero attached hydrogens (tertiary/aromatic N) is 1. The zero-order valence-electron chi connectivity index (χ0n) is 10.00. The summed E-state index contributed by atoms with van der Waals surface area (Å²) in [6.45, 7) is 0. The predicted molar refractivity (Wildman–Crippen MR) is 70.1 cm³/mol. The van der Waals surface area contributed by atoms with Crippen LogP contribution in [0, 0.1) is 0 Å². The van der Waals surface area contributed by atoms with Gasteiger partial charge in [0.1, 0.15) is 0 Å². The maximum Gasteiger partial charge on any atom is 0.340 e. The fourth-order valence-corrected chi connectivity index (χ4v) is 2.86. The highest BCUT2D eigenvalue weighted by molar-refractivity contribution is 6.36. The number of carbonyl (C=O) groups excluding carboxylic acids is 1. The van der Waals surface area contributed by atoms with Gasteiger partial charge in [-0.3, -0.25) is 4.98 Å². The average Bonchev–Trinajstić information content (AvgIpc) is 2.86. The third kappa shape index (κ3) is 1.58. The molecule has 0 unspecified atom stereocenters. The second kappa shape index (κ2) is 4.25. The summed E-state index contributed by atoms with van der Waals surface area (Å²) in [5.74, 6) is -0.373. The van der Waals surface area contributed by atoms with E-state index in [4.69, 9.17) is 16.3 Å². The summed E-state index contributed by atoms with van der Waals surface area (Å²) in [7, 11) is 1.37. The molecule has 0 bridgehead atoms. The Balaban J connectivity index is 2.35. The molecule has 18 heavy (non-hydrogen) atoms. The molecule has 1 aromatic carbocycles. The number of aryl methyl sites for hydroxylation is 1. The van der Waals surface area contributed by atoms with Crippen LogP contribution in [0.4, 0.5) is 0 Å². The van der Waals surface area contributed by atoms with Gasteiger partial charge in [-0.2, -0.15) is 0 Å². The Morgan fingerprint density at radius 2 is 2.22 bits per heavy atom. The van der Waals surface area contributed by atoms with Crippen molar-refractivity contribution in [2.75, 3.05) is 7.11 Å². The molecule has 0 atom stereocenters. The van der Waals surface area contributed by atoms with Crippen LogP contribution >= 0.6 is 11.6 Å². The topological polar surface area (TPSA) is 39.2 Å². The van der Waals surface area contributed by atoms with Crippen molar-refractivity contribution in [1.29, 1.82) is 0 Å². The van der Waals surface area contributed by atoms with E-state index < -0.39 is 0 Å². The average molecular weight is 262 g/mol. The van der Waals surface area contributed by atoms with Gasteiger partial charge in [0.05, 0.1) is 23.2 Å².